The van der Waals surface area contributed by atoms with Crippen LogP contribution in [0.5, 0.6) is 0 Å². The fourth-order valence-corrected chi connectivity index (χ4v) is 2.67. The van der Waals surface area contributed by atoms with Gasteiger partial charge in [0.15, 0.2) is 0 Å². The van der Waals surface area contributed by atoms with E-state index in [2.05, 4.69) is 18.8 Å². The first kappa shape index (κ1) is 13.8. The largest absolute Gasteiger partial charge is 0.384 e. The Morgan fingerprint density at radius 1 is 1.37 bits per heavy atom. The zero-order valence-electron chi connectivity index (χ0n) is 12.0. The Balaban J connectivity index is 2.02. The zero-order chi connectivity index (χ0) is 14.0. The van der Waals surface area contributed by atoms with Gasteiger partial charge in [-0.25, -0.2) is 4.98 Å². The molecule has 1 aliphatic carbocycles. The van der Waals surface area contributed by atoms with Crippen LogP contribution in [0.4, 0.5) is 5.82 Å². The fraction of sp³-hybridized carbons (Fsp3) is 0.600. The van der Waals surface area contributed by atoms with Crippen LogP contribution in [0.1, 0.15) is 49.9 Å². The van der Waals surface area contributed by atoms with Gasteiger partial charge in [-0.15, -0.1) is 0 Å². The highest BCUT2D eigenvalue weighted by Crippen LogP contribution is 2.36. The number of hydrogen-bond donors (Lipinski definition) is 1. The Labute approximate surface area is 115 Å². The van der Waals surface area contributed by atoms with Crippen LogP contribution >= 0.6 is 0 Å². The lowest BCUT2D eigenvalue weighted by atomic mass is 9.75. The monoisotopic (exact) mass is 261 g/mol. The molecule has 19 heavy (non-hydrogen) atoms. The Kier molecular flexibility index (Phi) is 3.78. The van der Waals surface area contributed by atoms with E-state index in [9.17, 15) is 4.79 Å². The molecule has 1 aromatic heterocycles. The van der Waals surface area contributed by atoms with Gasteiger partial charge in [0.1, 0.15) is 5.82 Å². The molecule has 104 valence electrons. The molecule has 0 saturated heterocycles. The van der Waals surface area contributed by atoms with Crippen molar-refractivity contribution in [3.63, 3.8) is 0 Å². The van der Waals surface area contributed by atoms with Crippen LogP contribution in [0.15, 0.2) is 18.3 Å². The van der Waals surface area contributed by atoms with E-state index >= 15 is 0 Å². The third-order valence-electron chi connectivity index (χ3n) is 4.21. The van der Waals surface area contributed by atoms with Crippen LogP contribution in [-0.4, -0.2) is 28.9 Å². The lowest BCUT2D eigenvalue weighted by Gasteiger charge is -2.38. The molecule has 2 N–H and O–H groups in total. The summed E-state index contributed by atoms with van der Waals surface area (Å²) in [4.78, 5) is 18.2. The van der Waals surface area contributed by atoms with E-state index in [0.717, 1.165) is 12.8 Å². The van der Waals surface area contributed by atoms with Crippen molar-refractivity contribution in [1.29, 1.82) is 0 Å². The van der Waals surface area contributed by atoms with E-state index in [1.807, 2.05) is 11.9 Å². The number of pyridine rings is 1. The number of carbonyl (C=O) groups is 1. The van der Waals surface area contributed by atoms with Crippen LogP contribution in [-0.2, 0) is 0 Å². The van der Waals surface area contributed by atoms with E-state index in [1.165, 1.54) is 12.8 Å². The van der Waals surface area contributed by atoms with Gasteiger partial charge < -0.3 is 10.6 Å². The third kappa shape index (κ3) is 3.25. The molecular weight excluding hydrogens is 238 g/mol. The van der Waals surface area contributed by atoms with Crippen LogP contribution in [0.3, 0.4) is 0 Å². The first-order valence-electron chi connectivity index (χ1n) is 6.88. The maximum atomic E-state index is 12.4. The van der Waals surface area contributed by atoms with Gasteiger partial charge in [0.05, 0.1) is 5.56 Å². The molecule has 1 aromatic rings. The van der Waals surface area contributed by atoms with Crippen molar-refractivity contribution in [2.75, 3.05) is 12.8 Å². The summed E-state index contributed by atoms with van der Waals surface area (Å²) in [6.07, 6.45) is 6.07. The number of amides is 1. The Bertz CT molecular complexity index is 443. The lowest BCUT2D eigenvalue weighted by Crippen LogP contribution is -2.40. The second-order valence-corrected chi connectivity index (χ2v) is 6.28. The normalized spacial score (nSPS) is 19.1. The average molecular weight is 261 g/mol. The van der Waals surface area contributed by atoms with E-state index in [-0.39, 0.29) is 5.91 Å². The van der Waals surface area contributed by atoms with Gasteiger partial charge >= 0.3 is 0 Å². The molecule has 1 saturated carbocycles. The Hall–Kier alpha value is -1.58. The Morgan fingerprint density at radius 3 is 2.53 bits per heavy atom. The first-order chi connectivity index (χ1) is 8.89. The highest BCUT2D eigenvalue weighted by atomic mass is 16.2. The minimum atomic E-state index is 0.0391. The summed E-state index contributed by atoms with van der Waals surface area (Å²) in [6, 6.07) is 3.76. The van der Waals surface area contributed by atoms with Gasteiger partial charge in [0.25, 0.3) is 5.91 Å². The van der Waals surface area contributed by atoms with Crippen molar-refractivity contribution in [3.8, 4) is 0 Å². The molecule has 1 heterocycles. The molecule has 0 aliphatic heterocycles. The molecule has 0 radical (unpaired) electrons. The van der Waals surface area contributed by atoms with Gasteiger partial charge in [-0.2, -0.15) is 0 Å². The average Bonchev–Trinajstić information content (AvgIpc) is 2.38. The summed E-state index contributed by atoms with van der Waals surface area (Å²) >= 11 is 0. The fourth-order valence-electron chi connectivity index (χ4n) is 2.67. The molecule has 0 bridgehead atoms. The zero-order valence-corrected chi connectivity index (χ0v) is 12.0. The predicted octanol–water partition coefficient (Wildman–Crippen LogP) is 2.70. The van der Waals surface area contributed by atoms with Crippen LogP contribution in [0.25, 0.3) is 0 Å². The molecular formula is C15H23N3O. The molecule has 0 spiro atoms. The van der Waals surface area contributed by atoms with Crippen LogP contribution in [0, 0.1) is 5.41 Å². The van der Waals surface area contributed by atoms with Gasteiger partial charge in [-0.1, -0.05) is 13.8 Å². The number of anilines is 1. The smallest absolute Gasteiger partial charge is 0.255 e. The second kappa shape index (κ2) is 5.19. The number of nitrogen functional groups attached to an aromatic ring is 1. The molecule has 0 atom stereocenters. The van der Waals surface area contributed by atoms with Crippen molar-refractivity contribution in [3.05, 3.63) is 23.9 Å². The summed E-state index contributed by atoms with van der Waals surface area (Å²) in [5.41, 5.74) is 6.57. The summed E-state index contributed by atoms with van der Waals surface area (Å²) in [6.45, 7) is 4.60. The molecule has 1 aliphatic rings. The summed E-state index contributed by atoms with van der Waals surface area (Å²) < 4.78 is 0. The van der Waals surface area contributed by atoms with Gasteiger partial charge in [0.2, 0.25) is 0 Å². The highest BCUT2D eigenvalue weighted by Gasteiger charge is 2.30. The van der Waals surface area contributed by atoms with Crippen molar-refractivity contribution >= 4 is 11.7 Å². The van der Waals surface area contributed by atoms with Crippen LogP contribution < -0.4 is 5.73 Å². The number of rotatable bonds is 2. The Morgan fingerprint density at radius 2 is 2.00 bits per heavy atom. The van der Waals surface area contributed by atoms with Crippen molar-refractivity contribution in [2.24, 2.45) is 5.41 Å². The molecule has 0 unspecified atom stereocenters. The van der Waals surface area contributed by atoms with Gasteiger partial charge in [-0.05, 0) is 43.2 Å². The SMILES string of the molecule is CN(C(=O)c1ccc(N)nc1)C1CCC(C)(C)CC1. The summed E-state index contributed by atoms with van der Waals surface area (Å²) in [7, 11) is 1.89. The minimum Gasteiger partial charge on any atom is -0.384 e. The number of carbonyl (C=O) groups excluding carboxylic acids is 1. The van der Waals surface area contributed by atoms with E-state index in [1.54, 1.807) is 18.3 Å². The summed E-state index contributed by atoms with van der Waals surface area (Å²) in [5, 5.41) is 0. The standard InChI is InChI=1S/C15H23N3O/c1-15(2)8-6-12(7-9-15)18(3)14(19)11-4-5-13(16)17-10-11/h4-5,10,12H,6-9H2,1-3H3,(H2,16,17). The van der Waals surface area contributed by atoms with E-state index < -0.39 is 0 Å². The van der Waals surface area contributed by atoms with Crippen molar-refractivity contribution in [2.45, 2.75) is 45.6 Å². The number of nitrogens with two attached hydrogens (primary N) is 1. The molecule has 4 nitrogen and oxygen atoms in total. The van der Waals surface area contributed by atoms with E-state index in [0.29, 0.717) is 22.8 Å². The van der Waals surface area contributed by atoms with Gasteiger partial charge in [-0.3, -0.25) is 4.79 Å². The maximum absolute atomic E-state index is 12.4. The molecule has 4 heteroatoms. The first-order valence-corrected chi connectivity index (χ1v) is 6.88. The lowest BCUT2D eigenvalue weighted by molar-refractivity contribution is 0.0635. The topological polar surface area (TPSA) is 59.2 Å². The van der Waals surface area contributed by atoms with Crippen LogP contribution in [0.2, 0.25) is 0 Å². The maximum Gasteiger partial charge on any atom is 0.255 e. The quantitative estimate of drug-likeness (QED) is 0.890. The highest BCUT2D eigenvalue weighted by molar-refractivity contribution is 5.94. The third-order valence-corrected chi connectivity index (χ3v) is 4.21. The molecule has 1 amide bonds. The summed E-state index contributed by atoms with van der Waals surface area (Å²) in [5.74, 6) is 0.482. The molecule has 1 fully saturated rings. The van der Waals surface area contributed by atoms with E-state index in [4.69, 9.17) is 5.73 Å². The minimum absolute atomic E-state index is 0.0391. The predicted molar refractivity (Wildman–Crippen MR) is 76.8 cm³/mol. The van der Waals surface area contributed by atoms with Crippen molar-refractivity contribution < 1.29 is 4.79 Å². The molecule has 2 rings (SSSR count). The second-order valence-electron chi connectivity index (χ2n) is 6.28. The van der Waals surface area contributed by atoms with Crippen molar-refractivity contribution in [1.82, 2.24) is 9.88 Å². The number of hydrogen-bond acceptors (Lipinski definition) is 3. The number of nitrogens with zero attached hydrogens (tertiary/aromatic N) is 2. The number of aromatic nitrogens is 1. The van der Waals surface area contributed by atoms with Gasteiger partial charge in [0, 0.05) is 19.3 Å². The molecule has 0 aromatic carbocycles.